The van der Waals surface area contributed by atoms with Gasteiger partial charge in [0.2, 0.25) is 0 Å². The molecule has 0 spiro atoms. The number of carbonyl (C=O) groups is 2. The van der Waals surface area contributed by atoms with Gasteiger partial charge in [-0.05, 0) is 0 Å². The number of carboxylic acids is 1. The van der Waals surface area contributed by atoms with Crippen LogP contribution in [0.15, 0.2) is 12.3 Å². The largest absolute Gasteiger partial charge is 0.481 e. The zero-order valence-corrected chi connectivity index (χ0v) is 10.2. The lowest BCUT2D eigenvalue weighted by atomic mass is 9.99. The average molecular weight is 286 g/mol. The van der Waals surface area contributed by atoms with Crippen molar-refractivity contribution in [2.45, 2.75) is 0 Å². The first kappa shape index (κ1) is 13.2. The third-order valence-corrected chi connectivity index (χ3v) is 3.09. The zero-order chi connectivity index (χ0) is 14.2. The molecule has 2 heterocycles. The first-order valence-corrected chi connectivity index (χ1v) is 5.60. The molecule has 1 N–H and O–H groups in total. The summed E-state index contributed by atoms with van der Waals surface area (Å²) in [6.45, 7) is 0.125. The molecule has 1 aliphatic rings. The molecule has 0 radical (unpaired) electrons. The summed E-state index contributed by atoms with van der Waals surface area (Å²) in [6, 6.07) is 1.03. The number of likely N-dealkylation sites (tertiary alicyclic amines) is 1. The van der Waals surface area contributed by atoms with Crippen LogP contribution < -0.4 is 0 Å². The fourth-order valence-corrected chi connectivity index (χ4v) is 1.84. The highest BCUT2D eigenvalue weighted by Gasteiger charge is 2.37. The molecule has 1 aromatic rings. The van der Waals surface area contributed by atoms with Gasteiger partial charge in [0.05, 0.1) is 16.4 Å². The number of nitro groups is 1. The number of hydrogen-bond acceptors (Lipinski definition) is 5. The highest BCUT2D eigenvalue weighted by Crippen LogP contribution is 2.24. The molecule has 0 unspecified atom stereocenters. The van der Waals surface area contributed by atoms with E-state index in [1.165, 1.54) is 4.90 Å². The number of nitrogens with zero attached hydrogens (tertiary/aromatic N) is 3. The van der Waals surface area contributed by atoms with E-state index in [0.717, 1.165) is 12.3 Å². The molecule has 100 valence electrons. The number of halogens is 1. The predicted octanol–water partition coefficient (Wildman–Crippen LogP) is 0.800. The molecule has 0 atom stereocenters. The van der Waals surface area contributed by atoms with Crippen molar-refractivity contribution in [1.29, 1.82) is 0 Å². The number of aromatic nitrogens is 1. The molecule has 0 bridgehead atoms. The predicted molar refractivity (Wildman–Crippen MR) is 62.9 cm³/mol. The Morgan fingerprint density at radius 1 is 1.53 bits per heavy atom. The van der Waals surface area contributed by atoms with Gasteiger partial charge in [0, 0.05) is 19.2 Å². The topological polar surface area (TPSA) is 114 Å². The van der Waals surface area contributed by atoms with Gasteiger partial charge in [0.15, 0.2) is 0 Å². The Morgan fingerprint density at radius 2 is 2.16 bits per heavy atom. The number of carbonyl (C=O) groups excluding carboxylic acids is 1. The maximum atomic E-state index is 12.0. The summed E-state index contributed by atoms with van der Waals surface area (Å²) in [5.74, 6) is -2.14. The quantitative estimate of drug-likeness (QED) is 0.499. The SMILES string of the molecule is O=C(O)C1CN(C(=O)c2cc([N+](=O)[O-])cnc2Cl)C1. The molecule has 0 aromatic carbocycles. The van der Waals surface area contributed by atoms with E-state index >= 15 is 0 Å². The van der Waals surface area contributed by atoms with E-state index in [2.05, 4.69) is 4.98 Å². The van der Waals surface area contributed by atoms with Crippen molar-refractivity contribution in [2.24, 2.45) is 5.92 Å². The van der Waals surface area contributed by atoms with Crippen LogP contribution in [-0.4, -0.2) is 44.9 Å². The number of pyridine rings is 1. The van der Waals surface area contributed by atoms with Crippen LogP contribution in [0.5, 0.6) is 0 Å². The first-order valence-electron chi connectivity index (χ1n) is 5.22. The Hall–Kier alpha value is -2.22. The maximum absolute atomic E-state index is 12.0. The Balaban J connectivity index is 2.18. The van der Waals surface area contributed by atoms with E-state index in [1.807, 2.05) is 0 Å². The molecule has 1 aliphatic heterocycles. The molecule has 9 heteroatoms. The Bertz CT molecular complexity index is 570. The molecule has 0 aliphatic carbocycles. The zero-order valence-electron chi connectivity index (χ0n) is 9.45. The summed E-state index contributed by atoms with van der Waals surface area (Å²) in [5.41, 5.74) is -0.442. The second-order valence-corrected chi connectivity index (χ2v) is 4.39. The number of carboxylic acid groups (broad SMARTS) is 1. The smallest absolute Gasteiger partial charge is 0.310 e. The van der Waals surface area contributed by atoms with Crippen LogP contribution in [0.3, 0.4) is 0 Å². The lowest BCUT2D eigenvalue weighted by Gasteiger charge is -2.36. The van der Waals surface area contributed by atoms with E-state index in [9.17, 15) is 19.7 Å². The second-order valence-electron chi connectivity index (χ2n) is 4.03. The van der Waals surface area contributed by atoms with Gasteiger partial charge in [-0.1, -0.05) is 11.6 Å². The lowest BCUT2D eigenvalue weighted by molar-refractivity contribution is -0.385. The number of aliphatic carboxylic acids is 1. The number of rotatable bonds is 3. The summed E-state index contributed by atoms with van der Waals surface area (Å²) >= 11 is 5.72. The van der Waals surface area contributed by atoms with Crippen LogP contribution in [-0.2, 0) is 4.79 Å². The fraction of sp³-hybridized carbons (Fsp3) is 0.300. The summed E-state index contributed by atoms with van der Waals surface area (Å²) < 4.78 is 0. The molecule has 1 amide bonds. The van der Waals surface area contributed by atoms with Gasteiger partial charge in [-0.2, -0.15) is 0 Å². The van der Waals surface area contributed by atoms with Crippen LogP contribution in [0.1, 0.15) is 10.4 Å². The van der Waals surface area contributed by atoms with Crippen LogP contribution in [0.2, 0.25) is 5.15 Å². The van der Waals surface area contributed by atoms with E-state index < -0.39 is 22.7 Å². The minimum Gasteiger partial charge on any atom is -0.481 e. The third kappa shape index (κ3) is 2.48. The molecule has 8 nitrogen and oxygen atoms in total. The molecular formula is C10H8ClN3O5. The highest BCUT2D eigenvalue weighted by atomic mass is 35.5. The summed E-state index contributed by atoms with van der Waals surface area (Å²) in [7, 11) is 0. The van der Waals surface area contributed by atoms with E-state index in [1.54, 1.807) is 0 Å². The Kier molecular flexibility index (Phi) is 3.34. The van der Waals surface area contributed by atoms with Crippen molar-refractivity contribution in [3.63, 3.8) is 0 Å². The summed E-state index contributed by atoms with van der Waals surface area (Å²) in [4.78, 5) is 37.4. The normalized spacial score (nSPS) is 14.9. The lowest BCUT2D eigenvalue weighted by Crippen LogP contribution is -2.53. The van der Waals surface area contributed by atoms with Crippen LogP contribution in [0.4, 0.5) is 5.69 Å². The standard InChI is InChI=1S/C10H8ClN3O5/c11-8-7(1-6(2-12-8)14(18)19)9(15)13-3-5(4-13)10(16)17/h1-2,5H,3-4H2,(H,16,17). The Morgan fingerprint density at radius 3 is 2.68 bits per heavy atom. The number of hydrogen-bond donors (Lipinski definition) is 1. The monoisotopic (exact) mass is 285 g/mol. The summed E-state index contributed by atoms with van der Waals surface area (Å²) in [5, 5.41) is 19.2. The highest BCUT2D eigenvalue weighted by molar-refractivity contribution is 6.32. The van der Waals surface area contributed by atoms with E-state index in [0.29, 0.717) is 0 Å². The molecule has 0 saturated carbocycles. The number of amides is 1. The van der Waals surface area contributed by atoms with Crippen molar-refractivity contribution >= 4 is 29.2 Å². The summed E-state index contributed by atoms with van der Waals surface area (Å²) in [6.07, 6.45) is 0.954. The fourth-order valence-electron chi connectivity index (χ4n) is 1.66. The second kappa shape index (κ2) is 4.81. The molecule has 1 fully saturated rings. The first-order chi connectivity index (χ1) is 8.90. The van der Waals surface area contributed by atoms with Gasteiger partial charge in [0.25, 0.3) is 11.6 Å². The minimum absolute atomic E-state index is 0.0627. The van der Waals surface area contributed by atoms with Gasteiger partial charge in [-0.3, -0.25) is 19.7 Å². The molecule has 2 rings (SSSR count). The van der Waals surface area contributed by atoms with Crippen LogP contribution >= 0.6 is 11.6 Å². The maximum Gasteiger partial charge on any atom is 0.310 e. The molecule has 1 aromatic heterocycles. The Labute approximate surface area is 111 Å². The third-order valence-electron chi connectivity index (χ3n) is 2.78. The van der Waals surface area contributed by atoms with Gasteiger partial charge >= 0.3 is 5.97 Å². The van der Waals surface area contributed by atoms with Gasteiger partial charge in [-0.25, -0.2) is 4.98 Å². The van der Waals surface area contributed by atoms with Crippen molar-refractivity contribution in [3.05, 3.63) is 33.1 Å². The van der Waals surface area contributed by atoms with E-state index in [-0.39, 0.29) is 29.5 Å². The molecular weight excluding hydrogens is 278 g/mol. The van der Waals surface area contributed by atoms with Gasteiger partial charge in [-0.15, -0.1) is 0 Å². The van der Waals surface area contributed by atoms with Crippen molar-refractivity contribution in [2.75, 3.05) is 13.1 Å². The van der Waals surface area contributed by atoms with Crippen molar-refractivity contribution < 1.29 is 19.6 Å². The minimum atomic E-state index is -0.979. The van der Waals surface area contributed by atoms with E-state index in [4.69, 9.17) is 16.7 Å². The average Bonchev–Trinajstić information content (AvgIpc) is 2.26. The van der Waals surface area contributed by atoms with Gasteiger partial charge < -0.3 is 10.0 Å². The van der Waals surface area contributed by atoms with Crippen molar-refractivity contribution in [1.82, 2.24) is 9.88 Å². The molecule has 19 heavy (non-hydrogen) atoms. The van der Waals surface area contributed by atoms with Crippen LogP contribution in [0.25, 0.3) is 0 Å². The molecule has 1 saturated heterocycles. The van der Waals surface area contributed by atoms with Gasteiger partial charge in [0.1, 0.15) is 11.3 Å². The van der Waals surface area contributed by atoms with Crippen LogP contribution in [0, 0.1) is 16.0 Å². The van der Waals surface area contributed by atoms with Crippen molar-refractivity contribution in [3.8, 4) is 0 Å².